The second-order valence-corrected chi connectivity index (χ2v) is 8.78. The average Bonchev–Trinajstić information content (AvgIpc) is 2.24. The predicted octanol–water partition coefficient (Wildman–Crippen LogP) is 0.150. The second-order valence-electron chi connectivity index (χ2n) is 4.66. The minimum absolute atomic E-state index is 0.0174. The lowest BCUT2D eigenvalue weighted by molar-refractivity contribution is 0.0943. The lowest BCUT2D eigenvalue weighted by Gasteiger charge is -2.13. The van der Waals surface area contributed by atoms with E-state index < -0.39 is 31.8 Å². The number of halogens is 1. The highest BCUT2D eigenvalue weighted by molar-refractivity contribution is 7.90. The van der Waals surface area contributed by atoms with E-state index >= 15 is 0 Å². The van der Waals surface area contributed by atoms with E-state index in [4.69, 9.17) is 16.7 Å². The zero-order chi connectivity index (χ0) is 16.4. The first-order valence-corrected chi connectivity index (χ1v) is 9.69. The first-order chi connectivity index (χ1) is 9.40. The van der Waals surface area contributed by atoms with Crippen molar-refractivity contribution in [1.82, 2.24) is 5.32 Å². The lowest BCUT2D eigenvalue weighted by Crippen LogP contribution is -2.37. The largest absolute Gasteiger partial charge is 0.349 e. The van der Waals surface area contributed by atoms with Gasteiger partial charge in [-0.3, -0.25) is 4.79 Å². The molecule has 0 bridgehead atoms. The third-order valence-corrected chi connectivity index (χ3v) is 4.93. The van der Waals surface area contributed by atoms with Crippen molar-refractivity contribution in [3.63, 3.8) is 0 Å². The standard InChI is InChI=1S/C11H15ClN2O5S2/c1-7(6-20(2,16)17)14-11(15)8-3-4-9(12)10(5-8)21(13,18)19/h3-5,7H,6H2,1-2H3,(H,14,15)(H2,13,18,19). The number of primary sulfonamides is 1. The smallest absolute Gasteiger partial charge is 0.251 e. The Hall–Kier alpha value is -1.16. The zero-order valence-corrected chi connectivity index (χ0v) is 13.7. The molecule has 21 heavy (non-hydrogen) atoms. The van der Waals surface area contributed by atoms with Crippen LogP contribution in [0, 0.1) is 0 Å². The number of amides is 1. The Bertz CT molecular complexity index is 759. The number of sulfone groups is 1. The van der Waals surface area contributed by atoms with E-state index in [2.05, 4.69) is 5.32 Å². The van der Waals surface area contributed by atoms with E-state index in [1.165, 1.54) is 19.1 Å². The SMILES string of the molecule is CC(CS(C)(=O)=O)NC(=O)c1ccc(Cl)c(S(N)(=O)=O)c1. The van der Waals surface area contributed by atoms with Gasteiger partial charge in [0.05, 0.1) is 10.8 Å². The fourth-order valence-corrected chi connectivity index (χ4v) is 3.73. The third-order valence-electron chi connectivity index (χ3n) is 2.43. The van der Waals surface area contributed by atoms with Gasteiger partial charge in [-0.1, -0.05) is 11.6 Å². The van der Waals surface area contributed by atoms with E-state index in [1.54, 1.807) is 0 Å². The number of nitrogens with one attached hydrogen (secondary N) is 1. The molecule has 0 radical (unpaired) electrons. The molecule has 1 unspecified atom stereocenters. The van der Waals surface area contributed by atoms with Gasteiger partial charge in [0.15, 0.2) is 0 Å². The Morgan fingerprint density at radius 1 is 1.33 bits per heavy atom. The van der Waals surface area contributed by atoms with Gasteiger partial charge >= 0.3 is 0 Å². The number of rotatable bonds is 5. The molecule has 0 spiro atoms. The van der Waals surface area contributed by atoms with E-state index in [1.807, 2.05) is 0 Å². The number of sulfonamides is 1. The van der Waals surface area contributed by atoms with Crippen molar-refractivity contribution in [2.24, 2.45) is 5.14 Å². The van der Waals surface area contributed by atoms with Crippen LogP contribution in [-0.4, -0.2) is 40.8 Å². The average molecular weight is 355 g/mol. The van der Waals surface area contributed by atoms with Crippen LogP contribution in [0.25, 0.3) is 0 Å². The first kappa shape index (κ1) is 17.9. The second kappa shape index (κ2) is 6.30. The summed E-state index contributed by atoms with van der Waals surface area (Å²) in [4.78, 5) is 11.6. The van der Waals surface area contributed by atoms with Gasteiger partial charge in [-0.2, -0.15) is 0 Å². The Kier molecular flexibility index (Phi) is 5.37. The van der Waals surface area contributed by atoms with Crippen LogP contribution in [0.3, 0.4) is 0 Å². The van der Waals surface area contributed by atoms with E-state index in [0.29, 0.717) is 0 Å². The minimum atomic E-state index is -4.05. The van der Waals surface area contributed by atoms with Crippen molar-refractivity contribution in [3.8, 4) is 0 Å². The van der Waals surface area contributed by atoms with Gasteiger partial charge in [0, 0.05) is 17.9 Å². The quantitative estimate of drug-likeness (QED) is 0.779. The number of hydrogen-bond acceptors (Lipinski definition) is 5. The van der Waals surface area contributed by atoms with Gasteiger partial charge in [-0.05, 0) is 25.1 Å². The third kappa shape index (κ3) is 5.62. The molecule has 0 aliphatic carbocycles. The summed E-state index contributed by atoms with van der Waals surface area (Å²) in [7, 11) is -7.30. The van der Waals surface area contributed by atoms with Crippen LogP contribution in [0.15, 0.2) is 23.1 Å². The summed E-state index contributed by atoms with van der Waals surface area (Å²) in [6.07, 6.45) is 1.05. The lowest BCUT2D eigenvalue weighted by atomic mass is 10.2. The van der Waals surface area contributed by atoms with Crippen molar-refractivity contribution in [2.45, 2.75) is 17.9 Å². The van der Waals surface area contributed by atoms with Crippen LogP contribution in [0.1, 0.15) is 17.3 Å². The highest BCUT2D eigenvalue weighted by atomic mass is 35.5. The van der Waals surface area contributed by atoms with Crippen molar-refractivity contribution >= 4 is 37.4 Å². The zero-order valence-electron chi connectivity index (χ0n) is 11.3. The first-order valence-electron chi connectivity index (χ1n) is 5.71. The summed E-state index contributed by atoms with van der Waals surface area (Å²) in [5, 5.41) is 7.34. The van der Waals surface area contributed by atoms with Gasteiger partial charge in [0.1, 0.15) is 14.7 Å². The molecule has 1 aromatic carbocycles. The van der Waals surface area contributed by atoms with Gasteiger partial charge in [-0.25, -0.2) is 22.0 Å². The number of carbonyl (C=O) groups is 1. The van der Waals surface area contributed by atoms with E-state index in [0.717, 1.165) is 12.3 Å². The number of nitrogens with two attached hydrogens (primary N) is 1. The molecule has 118 valence electrons. The molecule has 7 nitrogen and oxygen atoms in total. The number of benzene rings is 1. The maximum Gasteiger partial charge on any atom is 0.251 e. The molecular weight excluding hydrogens is 340 g/mol. The molecule has 0 aliphatic heterocycles. The van der Waals surface area contributed by atoms with Gasteiger partial charge in [0.25, 0.3) is 5.91 Å². The van der Waals surface area contributed by atoms with Gasteiger partial charge in [0.2, 0.25) is 10.0 Å². The number of hydrogen-bond donors (Lipinski definition) is 2. The topological polar surface area (TPSA) is 123 Å². The molecular formula is C11H15ClN2O5S2. The molecule has 10 heteroatoms. The number of carbonyl (C=O) groups excluding carboxylic acids is 1. The predicted molar refractivity (Wildman–Crippen MR) is 79.5 cm³/mol. The highest BCUT2D eigenvalue weighted by Gasteiger charge is 2.18. The molecule has 0 saturated carbocycles. The fourth-order valence-electron chi connectivity index (χ4n) is 1.67. The van der Waals surface area contributed by atoms with Crippen LogP contribution in [0.5, 0.6) is 0 Å². The van der Waals surface area contributed by atoms with Gasteiger partial charge < -0.3 is 5.32 Å². The molecule has 1 amide bonds. The Balaban J connectivity index is 2.99. The van der Waals surface area contributed by atoms with Crippen LogP contribution < -0.4 is 10.5 Å². The molecule has 0 aliphatic rings. The van der Waals surface area contributed by atoms with Crippen molar-refractivity contribution < 1.29 is 21.6 Å². The van der Waals surface area contributed by atoms with Gasteiger partial charge in [-0.15, -0.1) is 0 Å². The summed E-state index contributed by atoms with van der Waals surface area (Å²) in [6.45, 7) is 1.52. The molecule has 0 fully saturated rings. The van der Waals surface area contributed by atoms with Crippen LogP contribution in [0.2, 0.25) is 5.02 Å². The molecule has 1 atom stereocenters. The Morgan fingerprint density at radius 3 is 2.38 bits per heavy atom. The van der Waals surface area contributed by atoms with Crippen molar-refractivity contribution in [3.05, 3.63) is 28.8 Å². The minimum Gasteiger partial charge on any atom is -0.349 e. The van der Waals surface area contributed by atoms with E-state index in [-0.39, 0.29) is 21.2 Å². The molecule has 3 N–H and O–H groups in total. The monoisotopic (exact) mass is 354 g/mol. The summed E-state index contributed by atoms with van der Waals surface area (Å²) in [5.41, 5.74) is 0.0174. The highest BCUT2D eigenvalue weighted by Crippen LogP contribution is 2.21. The Labute approximate surface area is 128 Å². The molecule has 0 aromatic heterocycles. The maximum absolute atomic E-state index is 11.9. The maximum atomic E-state index is 11.9. The molecule has 1 rings (SSSR count). The normalized spacial score (nSPS) is 13.7. The summed E-state index contributed by atoms with van der Waals surface area (Å²) >= 11 is 5.71. The van der Waals surface area contributed by atoms with Crippen molar-refractivity contribution in [1.29, 1.82) is 0 Å². The Morgan fingerprint density at radius 2 is 1.90 bits per heavy atom. The fraction of sp³-hybridized carbons (Fsp3) is 0.364. The summed E-state index contributed by atoms with van der Waals surface area (Å²) in [6, 6.07) is 2.97. The van der Waals surface area contributed by atoms with Crippen LogP contribution in [0.4, 0.5) is 0 Å². The van der Waals surface area contributed by atoms with E-state index in [9.17, 15) is 21.6 Å². The van der Waals surface area contributed by atoms with Crippen LogP contribution >= 0.6 is 11.6 Å². The summed E-state index contributed by atoms with van der Waals surface area (Å²) in [5.74, 6) is -0.846. The summed E-state index contributed by atoms with van der Waals surface area (Å²) < 4.78 is 44.9. The van der Waals surface area contributed by atoms with Crippen molar-refractivity contribution in [2.75, 3.05) is 12.0 Å². The molecule has 0 saturated heterocycles. The molecule has 0 heterocycles. The molecule has 1 aromatic rings. The van der Waals surface area contributed by atoms with Crippen LogP contribution in [-0.2, 0) is 19.9 Å².